The zero-order chi connectivity index (χ0) is 35.5. The minimum absolute atomic E-state index is 0. The predicted octanol–water partition coefficient (Wildman–Crippen LogP) is 5.80. The van der Waals surface area contributed by atoms with Gasteiger partial charge in [0.15, 0.2) is 0 Å². The first-order valence-electron chi connectivity index (χ1n) is 16.5. The molecule has 0 bridgehead atoms. The lowest BCUT2D eigenvalue weighted by atomic mass is 9.96. The van der Waals surface area contributed by atoms with Crippen LogP contribution in [-0.2, 0) is 9.53 Å². The van der Waals surface area contributed by atoms with Crippen LogP contribution in [0.1, 0.15) is 67.2 Å². The number of H-pyrrole nitrogens is 1. The highest BCUT2D eigenvalue weighted by Gasteiger charge is 2.33. The number of benzene rings is 3. The van der Waals surface area contributed by atoms with E-state index in [-0.39, 0.29) is 68.1 Å². The van der Waals surface area contributed by atoms with Crippen LogP contribution < -0.4 is 21.7 Å². The number of likely N-dealkylation sites (N-methyl/N-ethyl adjacent to an activating group) is 1. The van der Waals surface area contributed by atoms with Gasteiger partial charge in [0.05, 0.1) is 11.1 Å². The first-order chi connectivity index (χ1) is 24.1. The molecule has 1 atom stereocenters. The van der Waals surface area contributed by atoms with Crippen LogP contribution in [0, 0.1) is 19.7 Å². The van der Waals surface area contributed by atoms with Crippen molar-refractivity contribution in [2.24, 2.45) is 5.73 Å². The van der Waals surface area contributed by atoms with E-state index in [9.17, 15) is 23.6 Å². The van der Waals surface area contributed by atoms with Gasteiger partial charge in [-0.15, -0.1) is 24.8 Å². The number of anilines is 1. The van der Waals surface area contributed by atoms with Crippen molar-refractivity contribution in [1.82, 2.24) is 20.5 Å². The fourth-order valence-corrected chi connectivity index (χ4v) is 6.73. The van der Waals surface area contributed by atoms with Crippen LogP contribution in [-0.4, -0.2) is 73.0 Å². The molecule has 1 aliphatic carbocycles. The third kappa shape index (κ3) is 7.69. The van der Waals surface area contributed by atoms with Crippen molar-refractivity contribution >= 4 is 66.0 Å². The van der Waals surface area contributed by atoms with Crippen LogP contribution in [0.2, 0.25) is 0 Å². The number of nitrogens with one attached hydrogen (secondary N) is 4. The van der Waals surface area contributed by atoms with E-state index >= 15 is 0 Å². The van der Waals surface area contributed by atoms with Crippen LogP contribution >= 0.6 is 24.8 Å². The van der Waals surface area contributed by atoms with Crippen molar-refractivity contribution in [1.29, 1.82) is 0 Å². The summed E-state index contributed by atoms with van der Waals surface area (Å²) >= 11 is 0. The first-order valence-corrected chi connectivity index (χ1v) is 16.5. The predicted molar refractivity (Wildman–Crippen MR) is 204 cm³/mol. The number of aromatic amines is 1. The maximum atomic E-state index is 13.9. The maximum absolute atomic E-state index is 13.9. The molecule has 1 aromatic heterocycles. The molecular formula is C38H41Cl2FN6O5. The number of halogens is 3. The summed E-state index contributed by atoms with van der Waals surface area (Å²) in [5.41, 5.74) is 13.3. The lowest BCUT2D eigenvalue weighted by molar-refractivity contribution is -0.110. The SMILES string of the molecule is CCN(CCNC(=O)c1c(C)[nH]c(/C=C2\C(=O)Nc3ccc(F)cc32)c1C)C(=O)OCC1c2ccccc2-c2c(C(=O)NCCN)cccc21.Cl.Cl. The van der Waals surface area contributed by atoms with Gasteiger partial charge in [-0.2, -0.15) is 0 Å². The molecule has 0 saturated carbocycles. The van der Waals surface area contributed by atoms with Crippen LogP contribution in [0.25, 0.3) is 22.8 Å². The number of hydrogen-bond donors (Lipinski definition) is 5. The lowest BCUT2D eigenvalue weighted by Crippen LogP contribution is -2.39. The highest BCUT2D eigenvalue weighted by molar-refractivity contribution is 6.35. The summed E-state index contributed by atoms with van der Waals surface area (Å²) in [5.74, 6) is -1.61. The highest BCUT2D eigenvalue weighted by Crippen LogP contribution is 2.46. The summed E-state index contributed by atoms with van der Waals surface area (Å²) in [5, 5.41) is 8.47. The Labute approximate surface area is 313 Å². The van der Waals surface area contributed by atoms with Crippen molar-refractivity contribution in [2.45, 2.75) is 26.7 Å². The van der Waals surface area contributed by atoms with Gasteiger partial charge in [0.2, 0.25) is 0 Å². The number of ether oxygens (including phenoxy) is 1. The van der Waals surface area contributed by atoms with Crippen LogP contribution in [0.4, 0.5) is 14.9 Å². The molecule has 274 valence electrons. The van der Waals surface area contributed by atoms with E-state index in [1.54, 1.807) is 26.0 Å². The molecule has 6 N–H and O–H groups in total. The molecule has 2 heterocycles. The van der Waals surface area contributed by atoms with E-state index < -0.39 is 11.9 Å². The smallest absolute Gasteiger partial charge is 0.409 e. The summed E-state index contributed by atoms with van der Waals surface area (Å²) < 4.78 is 19.8. The van der Waals surface area contributed by atoms with Crippen LogP contribution in [0.3, 0.4) is 0 Å². The Balaban J connectivity index is 0.00000302. The summed E-state index contributed by atoms with van der Waals surface area (Å²) in [6.07, 6.45) is 1.10. The van der Waals surface area contributed by atoms with Gasteiger partial charge in [-0.25, -0.2) is 9.18 Å². The van der Waals surface area contributed by atoms with Crippen molar-refractivity contribution < 1.29 is 28.3 Å². The second-order valence-corrected chi connectivity index (χ2v) is 12.2. The summed E-state index contributed by atoms with van der Waals surface area (Å²) in [7, 11) is 0. The molecule has 4 aromatic rings. The van der Waals surface area contributed by atoms with Gasteiger partial charge in [0.1, 0.15) is 12.4 Å². The average Bonchev–Trinajstić information content (AvgIpc) is 3.71. The zero-order valence-electron chi connectivity index (χ0n) is 28.9. The van der Waals surface area contributed by atoms with E-state index in [0.29, 0.717) is 64.5 Å². The molecule has 1 unspecified atom stereocenters. The van der Waals surface area contributed by atoms with Gasteiger partial charge in [-0.05, 0) is 78.9 Å². The fourth-order valence-electron chi connectivity index (χ4n) is 6.73. The Morgan fingerprint density at radius 1 is 0.962 bits per heavy atom. The van der Waals surface area contributed by atoms with Crippen LogP contribution in [0.15, 0.2) is 60.7 Å². The number of aryl methyl sites for hydroxylation is 1. The minimum atomic E-state index is -0.515. The number of nitrogens with zero attached hydrogens (tertiary/aromatic N) is 1. The molecule has 0 fully saturated rings. The Kier molecular flexibility index (Phi) is 12.9. The molecule has 14 heteroatoms. The molecule has 2 aliphatic rings. The third-order valence-corrected chi connectivity index (χ3v) is 9.19. The fraction of sp³-hybridized carbons (Fsp3) is 0.263. The number of nitrogens with two attached hydrogens (primary N) is 1. The molecule has 1 aliphatic heterocycles. The van der Waals surface area contributed by atoms with E-state index in [0.717, 1.165) is 22.3 Å². The number of amides is 4. The Hall–Kier alpha value is -5.17. The second-order valence-electron chi connectivity index (χ2n) is 12.2. The molecule has 3 aromatic carbocycles. The lowest BCUT2D eigenvalue weighted by Gasteiger charge is -2.22. The molecule has 6 rings (SSSR count). The molecule has 0 saturated heterocycles. The molecular weight excluding hydrogens is 710 g/mol. The van der Waals surface area contributed by atoms with Crippen molar-refractivity contribution in [3.8, 4) is 11.1 Å². The van der Waals surface area contributed by atoms with E-state index in [1.807, 2.05) is 43.3 Å². The monoisotopic (exact) mass is 750 g/mol. The zero-order valence-corrected chi connectivity index (χ0v) is 30.6. The van der Waals surface area contributed by atoms with Crippen molar-refractivity contribution in [3.05, 3.63) is 111 Å². The largest absolute Gasteiger partial charge is 0.448 e. The number of carbonyl (C=O) groups excluding carboxylic acids is 4. The number of carbonyl (C=O) groups is 4. The molecule has 52 heavy (non-hydrogen) atoms. The molecule has 11 nitrogen and oxygen atoms in total. The number of fused-ring (bicyclic) bond motifs is 4. The van der Waals surface area contributed by atoms with E-state index in [4.69, 9.17) is 10.5 Å². The van der Waals surface area contributed by atoms with Gasteiger partial charge >= 0.3 is 6.09 Å². The van der Waals surface area contributed by atoms with E-state index in [1.165, 1.54) is 23.1 Å². The van der Waals surface area contributed by atoms with Gasteiger partial charge in [0, 0.05) is 66.8 Å². The maximum Gasteiger partial charge on any atom is 0.409 e. The average molecular weight is 752 g/mol. The van der Waals surface area contributed by atoms with Gasteiger partial charge in [-0.3, -0.25) is 14.4 Å². The quantitative estimate of drug-likeness (QED) is 0.122. The summed E-state index contributed by atoms with van der Waals surface area (Å²) in [4.78, 5) is 56.8. The third-order valence-electron chi connectivity index (χ3n) is 9.19. The second kappa shape index (κ2) is 16.9. The van der Waals surface area contributed by atoms with Crippen LogP contribution in [0.5, 0.6) is 0 Å². The number of rotatable bonds is 11. The Morgan fingerprint density at radius 3 is 2.44 bits per heavy atom. The standard InChI is InChI=1S/C38H39FN6O5.2ClH/c1-4-45(38(49)50-20-30-24-8-5-6-9-25(24)34-26(30)10-7-11-27(34)35(46)41-15-14-40)17-16-42-37(48)33-21(2)32(43-22(33)3)19-29-28-18-23(39)12-13-31(28)44-36(29)47;;/h5-13,18-19,30,43H,4,14-17,20,40H2,1-3H3,(H,41,46)(H,42,48)(H,44,47);2*1H/b29-19-;;. The number of aromatic nitrogens is 1. The molecule has 0 spiro atoms. The molecule has 4 amide bonds. The normalized spacial score (nSPS) is 14.3. The number of hydrogen-bond acceptors (Lipinski definition) is 6. The Bertz CT molecular complexity index is 2050. The van der Waals surface area contributed by atoms with Gasteiger partial charge in [-0.1, -0.05) is 36.4 Å². The summed E-state index contributed by atoms with van der Waals surface area (Å²) in [6.45, 7) is 6.89. The Morgan fingerprint density at radius 2 is 1.69 bits per heavy atom. The topological polar surface area (TPSA) is 159 Å². The first kappa shape index (κ1) is 39.6. The highest BCUT2D eigenvalue weighted by atomic mass is 35.5. The van der Waals surface area contributed by atoms with Crippen molar-refractivity contribution in [2.75, 3.05) is 44.6 Å². The van der Waals surface area contributed by atoms with Crippen molar-refractivity contribution in [3.63, 3.8) is 0 Å². The van der Waals surface area contributed by atoms with E-state index in [2.05, 4.69) is 20.9 Å². The molecule has 0 radical (unpaired) electrons. The van der Waals surface area contributed by atoms with Gasteiger partial charge < -0.3 is 36.3 Å². The summed E-state index contributed by atoms with van der Waals surface area (Å²) in [6, 6.07) is 17.5. The minimum Gasteiger partial charge on any atom is -0.448 e. The van der Waals surface area contributed by atoms with Gasteiger partial charge in [0.25, 0.3) is 17.7 Å².